The first-order valence-electron chi connectivity index (χ1n) is 5.61. The van der Waals surface area contributed by atoms with Crippen molar-refractivity contribution in [2.75, 3.05) is 0 Å². The highest BCUT2D eigenvalue weighted by Crippen LogP contribution is 2.26. The van der Waals surface area contributed by atoms with Crippen LogP contribution < -0.4 is 0 Å². The standard InChI is InChI=1S/C15H13FNO/c1-10-5-13(8-17-7-10)11(2)14-6-12(9-18)3-4-15(14)16/h3-9,11H,2H2,1H3. The fourth-order valence-corrected chi connectivity index (χ4v) is 1.85. The Bertz CT molecular complexity index is 580. The van der Waals surface area contributed by atoms with Gasteiger partial charge in [-0.15, -0.1) is 0 Å². The lowest BCUT2D eigenvalue weighted by Crippen LogP contribution is -2.02. The monoisotopic (exact) mass is 242 g/mol. The van der Waals surface area contributed by atoms with E-state index in [-0.39, 0.29) is 11.7 Å². The van der Waals surface area contributed by atoms with Gasteiger partial charge in [0, 0.05) is 23.9 Å². The molecule has 0 saturated carbocycles. The summed E-state index contributed by atoms with van der Waals surface area (Å²) >= 11 is 0. The molecule has 0 aliphatic carbocycles. The van der Waals surface area contributed by atoms with Crippen LogP contribution in [0.25, 0.3) is 0 Å². The van der Waals surface area contributed by atoms with Crippen LogP contribution in [0, 0.1) is 19.7 Å². The van der Waals surface area contributed by atoms with Gasteiger partial charge >= 0.3 is 0 Å². The number of pyridine rings is 1. The molecule has 1 atom stereocenters. The summed E-state index contributed by atoms with van der Waals surface area (Å²) in [4.78, 5) is 14.8. The Labute approximate surface area is 105 Å². The predicted octanol–water partition coefficient (Wildman–Crippen LogP) is 3.31. The first-order valence-corrected chi connectivity index (χ1v) is 5.61. The van der Waals surface area contributed by atoms with Gasteiger partial charge in [0.25, 0.3) is 0 Å². The van der Waals surface area contributed by atoms with Crippen LogP contribution in [0.15, 0.2) is 36.7 Å². The van der Waals surface area contributed by atoms with Crippen molar-refractivity contribution in [3.05, 3.63) is 71.7 Å². The number of aldehydes is 1. The van der Waals surface area contributed by atoms with Gasteiger partial charge in [-0.2, -0.15) is 0 Å². The molecule has 0 aliphatic rings. The fraction of sp³-hybridized carbons (Fsp3) is 0.133. The molecule has 18 heavy (non-hydrogen) atoms. The summed E-state index contributed by atoms with van der Waals surface area (Å²) < 4.78 is 13.8. The van der Waals surface area contributed by atoms with Crippen molar-refractivity contribution in [1.82, 2.24) is 4.98 Å². The molecule has 0 bridgehead atoms. The summed E-state index contributed by atoms with van der Waals surface area (Å²) in [7, 11) is 0. The zero-order chi connectivity index (χ0) is 13.1. The average molecular weight is 242 g/mol. The van der Waals surface area contributed by atoms with Gasteiger partial charge in [0.15, 0.2) is 0 Å². The lowest BCUT2D eigenvalue weighted by atomic mass is 9.92. The number of rotatable bonds is 3. The van der Waals surface area contributed by atoms with Crippen LogP contribution in [0.2, 0.25) is 0 Å². The Kier molecular flexibility index (Phi) is 3.51. The van der Waals surface area contributed by atoms with Crippen molar-refractivity contribution in [2.24, 2.45) is 0 Å². The third-order valence-electron chi connectivity index (χ3n) is 2.83. The molecule has 2 nitrogen and oxygen atoms in total. The highest BCUT2D eigenvalue weighted by Gasteiger charge is 2.14. The summed E-state index contributed by atoms with van der Waals surface area (Å²) in [6.45, 7) is 5.88. The Balaban J connectivity index is 2.45. The molecule has 2 rings (SSSR count). The number of carbonyl (C=O) groups is 1. The molecule has 1 aromatic heterocycles. The van der Waals surface area contributed by atoms with Gasteiger partial charge in [-0.25, -0.2) is 4.39 Å². The molecule has 0 fully saturated rings. The van der Waals surface area contributed by atoms with E-state index >= 15 is 0 Å². The van der Waals surface area contributed by atoms with Crippen molar-refractivity contribution in [3.63, 3.8) is 0 Å². The summed E-state index contributed by atoms with van der Waals surface area (Å²) in [6, 6.07) is 6.19. The van der Waals surface area contributed by atoms with Gasteiger partial charge in [0.1, 0.15) is 12.1 Å². The summed E-state index contributed by atoms with van der Waals surface area (Å²) in [6.07, 6.45) is 4.09. The fourth-order valence-electron chi connectivity index (χ4n) is 1.85. The number of aromatic nitrogens is 1. The summed E-state index contributed by atoms with van der Waals surface area (Å²) in [5.41, 5.74) is 2.68. The van der Waals surface area contributed by atoms with E-state index in [0.29, 0.717) is 17.4 Å². The number of carbonyl (C=O) groups excluding carboxylic acids is 1. The second-order valence-electron chi connectivity index (χ2n) is 4.25. The Morgan fingerprint density at radius 3 is 2.78 bits per heavy atom. The summed E-state index contributed by atoms with van der Waals surface area (Å²) in [5, 5.41) is 0. The molecule has 1 radical (unpaired) electrons. The van der Waals surface area contributed by atoms with Gasteiger partial charge in [0.2, 0.25) is 0 Å². The molecule has 1 aromatic carbocycles. The topological polar surface area (TPSA) is 30.0 Å². The lowest BCUT2D eigenvalue weighted by Gasteiger charge is -2.13. The third-order valence-corrected chi connectivity index (χ3v) is 2.83. The van der Waals surface area contributed by atoms with Gasteiger partial charge in [-0.05, 0) is 48.7 Å². The minimum atomic E-state index is -0.377. The van der Waals surface area contributed by atoms with E-state index in [9.17, 15) is 9.18 Å². The van der Waals surface area contributed by atoms with Crippen LogP contribution in [-0.2, 0) is 0 Å². The molecule has 1 heterocycles. The van der Waals surface area contributed by atoms with E-state index in [2.05, 4.69) is 11.9 Å². The van der Waals surface area contributed by atoms with Crippen molar-refractivity contribution in [3.8, 4) is 0 Å². The van der Waals surface area contributed by atoms with Crippen LogP contribution >= 0.6 is 0 Å². The zero-order valence-electron chi connectivity index (χ0n) is 10.1. The van der Waals surface area contributed by atoms with Crippen molar-refractivity contribution in [2.45, 2.75) is 12.8 Å². The molecular formula is C15H13FNO. The number of benzene rings is 1. The second-order valence-corrected chi connectivity index (χ2v) is 4.25. The van der Waals surface area contributed by atoms with Crippen LogP contribution in [0.4, 0.5) is 4.39 Å². The van der Waals surface area contributed by atoms with E-state index in [0.717, 1.165) is 11.1 Å². The normalized spacial score (nSPS) is 12.2. The van der Waals surface area contributed by atoms with Gasteiger partial charge in [-0.1, -0.05) is 6.07 Å². The molecule has 3 heteroatoms. The Morgan fingerprint density at radius 2 is 2.11 bits per heavy atom. The molecule has 2 aromatic rings. The lowest BCUT2D eigenvalue weighted by molar-refractivity contribution is 0.112. The van der Waals surface area contributed by atoms with Crippen molar-refractivity contribution < 1.29 is 9.18 Å². The predicted molar refractivity (Wildman–Crippen MR) is 68.0 cm³/mol. The van der Waals surface area contributed by atoms with E-state index in [1.165, 1.54) is 18.2 Å². The van der Waals surface area contributed by atoms with Crippen molar-refractivity contribution in [1.29, 1.82) is 0 Å². The molecule has 0 saturated heterocycles. The Morgan fingerprint density at radius 1 is 1.33 bits per heavy atom. The molecule has 0 spiro atoms. The maximum Gasteiger partial charge on any atom is 0.150 e. The van der Waals surface area contributed by atoms with Crippen LogP contribution in [0.3, 0.4) is 0 Å². The maximum absolute atomic E-state index is 13.8. The first-order chi connectivity index (χ1) is 8.61. The third kappa shape index (κ3) is 2.45. The maximum atomic E-state index is 13.8. The largest absolute Gasteiger partial charge is 0.298 e. The molecule has 1 unspecified atom stereocenters. The van der Waals surface area contributed by atoms with E-state index in [4.69, 9.17) is 0 Å². The first kappa shape index (κ1) is 12.4. The smallest absolute Gasteiger partial charge is 0.150 e. The van der Waals surface area contributed by atoms with E-state index in [1.807, 2.05) is 13.0 Å². The van der Waals surface area contributed by atoms with Gasteiger partial charge < -0.3 is 0 Å². The van der Waals surface area contributed by atoms with Gasteiger partial charge in [-0.3, -0.25) is 9.78 Å². The molecule has 0 N–H and O–H groups in total. The van der Waals surface area contributed by atoms with Gasteiger partial charge in [0.05, 0.1) is 0 Å². The quantitative estimate of drug-likeness (QED) is 0.773. The SMILES string of the molecule is [CH2]C(c1cncc(C)c1)c1cc(C=O)ccc1F. The van der Waals surface area contributed by atoms with Crippen LogP contribution in [0.5, 0.6) is 0 Å². The van der Waals surface area contributed by atoms with Crippen LogP contribution in [0.1, 0.15) is 33.0 Å². The summed E-state index contributed by atoms with van der Waals surface area (Å²) in [5.74, 6) is -0.737. The molecular weight excluding hydrogens is 229 g/mol. The highest BCUT2D eigenvalue weighted by atomic mass is 19.1. The number of hydrogen-bond acceptors (Lipinski definition) is 2. The van der Waals surface area contributed by atoms with E-state index in [1.54, 1.807) is 12.4 Å². The van der Waals surface area contributed by atoms with E-state index < -0.39 is 0 Å². The van der Waals surface area contributed by atoms with Crippen molar-refractivity contribution >= 4 is 6.29 Å². The second kappa shape index (κ2) is 5.08. The van der Waals surface area contributed by atoms with Crippen LogP contribution in [-0.4, -0.2) is 11.3 Å². The number of nitrogens with zero attached hydrogens (tertiary/aromatic N) is 1. The molecule has 0 aliphatic heterocycles. The minimum absolute atomic E-state index is 0.359. The molecule has 0 amide bonds. The minimum Gasteiger partial charge on any atom is -0.298 e. The number of hydrogen-bond donors (Lipinski definition) is 0. The zero-order valence-corrected chi connectivity index (χ0v) is 10.1. The molecule has 91 valence electrons. The highest BCUT2D eigenvalue weighted by molar-refractivity contribution is 5.75. The number of halogens is 1. The Hall–Kier alpha value is -2.03. The number of aryl methyl sites for hydroxylation is 1. The average Bonchev–Trinajstić information content (AvgIpc) is 2.38.